The van der Waals surface area contributed by atoms with E-state index in [2.05, 4.69) is 43.4 Å². The number of benzene rings is 1. The second-order valence-electron chi connectivity index (χ2n) is 4.34. The number of aliphatic imine (C=N–C) groups is 1. The van der Waals surface area contributed by atoms with Crippen molar-refractivity contribution in [3.8, 4) is 0 Å². The van der Waals surface area contributed by atoms with E-state index in [0.29, 0.717) is 0 Å². The van der Waals surface area contributed by atoms with E-state index in [1.807, 2.05) is 0 Å². The number of hydrogen-bond acceptors (Lipinski definition) is 4. The number of hydrogen-bond donors (Lipinski definition) is 1. The number of nitrogens with zero attached hydrogens (tertiary/aromatic N) is 1. The van der Waals surface area contributed by atoms with Crippen molar-refractivity contribution in [2.45, 2.75) is 18.7 Å². The molecule has 0 aliphatic rings. The molecule has 0 aliphatic carbocycles. The molecule has 0 unspecified atom stereocenters. The summed E-state index contributed by atoms with van der Waals surface area (Å²) in [5, 5.41) is 8.88. The average molecular weight is 451 g/mol. The molecule has 0 bridgehead atoms. The molecule has 1 rings (SSSR count). The van der Waals surface area contributed by atoms with Crippen molar-refractivity contribution in [3.05, 3.63) is 51.1 Å². The van der Waals surface area contributed by atoms with Crippen molar-refractivity contribution in [1.82, 2.24) is 0 Å². The van der Waals surface area contributed by atoms with Gasteiger partial charge in [-0.15, -0.1) is 0 Å². The zero-order chi connectivity index (χ0) is 17.1. The summed E-state index contributed by atoms with van der Waals surface area (Å²) in [7, 11) is -3.79. The molecule has 0 saturated heterocycles. The van der Waals surface area contributed by atoms with Crippen LogP contribution in [0.25, 0.3) is 0 Å². The van der Waals surface area contributed by atoms with Crippen molar-refractivity contribution in [2.24, 2.45) is 4.99 Å². The number of rotatable bonds is 4. The van der Waals surface area contributed by atoms with Gasteiger partial charge in [0.1, 0.15) is 9.65 Å². The summed E-state index contributed by atoms with van der Waals surface area (Å²) in [6, 6.07) is 6.07. The largest absolute Gasteiger partial charge is 0.478 e. The third kappa shape index (κ3) is 4.37. The Morgan fingerprint density at radius 2 is 1.73 bits per heavy atom. The van der Waals surface area contributed by atoms with Crippen molar-refractivity contribution in [3.63, 3.8) is 0 Å². The monoisotopic (exact) mass is 449 g/mol. The normalized spacial score (nSPS) is 13.5. The third-order valence-electron chi connectivity index (χ3n) is 2.62. The lowest BCUT2D eigenvalue weighted by molar-refractivity contribution is -0.132. The molecule has 8 heteroatoms. The Bertz CT molecular complexity index is 762. The van der Waals surface area contributed by atoms with Gasteiger partial charge in [0.2, 0.25) is 9.84 Å². The zero-order valence-corrected chi connectivity index (χ0v) is 15.8. The Labute approximate surface area is 145 Å². The third-order valence-corrected chi connectivity index (χ3v) is 5.48. The maximum atomic E-state index is 12.4. The lowest BCUT2D eigenvalue weighted by atomic mass is 10.1. The van der Waals surface area contributed by atoms with Crippen molar-refractivity contribution in [1.29, 1.82) is 0 Å². The van der Waals surface area contributed by atoms with Crippen LogP contribution in [-0.4, -0.2) is 24.5 Å². The number of carboxylic acid groups (broad SMARTS) is 1. The van der Waals surface area contributed by atoms with Crippen molar-refractivity contribution >= 4 is 52.7 Å². The number of carbonyl (C=O) groups is 1. The first kappa shape index (κ1) is 18.8. The molecule has 1 aromatic carbocycles. The van der Waals surface area contributed by atoms with Gasteiger partial charge in [0.05, 0.1) is 10.5 Å². The minimum absolute atomic E-state index is 0.0736. The van der Waals surface area contributed by atoms with Gasteiger partial charge in [0, 0.05) is 4.47 Å². The molecule has 1 aromatic rings. The standard InChI is InChI=1S/C14H13Br2NO4S/c1-8(2)12(14(18)19)13(16)17-9(3)22(20,21)11-6-4-10(15)5-7-11/h4-7H,1H2,2-3H3,(H,18,19)/b13-12+,17-9?. The molecule has 5 nitrogen and oxygen atoms in total. The first-order valence-electron chi connectivity index (χ1n) is 5.92. The first-order valence-corrected chi connectivity index (χ1v) is 8.99. The molecule has 0 fully saturated rings. The molecule has 0 amide bonds. The number of aliphatic carboxylic acids is 1. The van der Waals surface area contributed by atoms with Gasteiger partial charge < -0.3 is 5.11 Å². The Balaban J connectivity index is 3.37. The summed E-state index contributed by atoms with van der Waals surface area (Å²) in [5.74, 6) is -1.24. The fourth-order valence-corrected chi connectivity index (χ4v) is 3.69. The highest BCUT2D eigenvalue weighted by Crippen LogP contribution is 2.23. The van der Waals surface area contributed by atoms with E-state index in [1.54, 1.807) is 12.1 Å². The van der Waals surface area contributed by atoms with Gasteiger partial charge in [-0.1, -0.05) is 22.5 Å². The molecule has 1 N–H and O–H groups in total. The van der Waals surface area contributed by atoms with E-state index >= 15 is 0 Å². The van der Waals surface area contributed by atoms with Crippen LogP contribution in [0, 0.1) is 0 Å². The summed E-state index contributed by atoms with van der Waals surface area (Å²) in [6.45, 7) is 6.34. The average Bonchev–Trinajstić information content (AvgIpc) is 2.37. The SMILES string of the molecule is C=C(C)/C(C(=O)O)=C(/Br)N=C(C)S(=O)(=O)c1ccc(Br)cc1. The molecule has 0 atom stereocenters. The number of sulfone groups is 1. The Kier molecular flexibility index (Phi) is 6.27. The predicted octanol–water partition coefficient (Wildman–Crippen LogP) is 3.91. The highest BCUT2D eigenvalue weighted by atomic mass is 79.9. The maximum Gasteiger partial charge on any atom is 0.338 e. The van der Waals surface area contributed by atoms with Gasteiger partial charge in [-0.25, -0.2) is 18.2 Å². The van der Waals surface area contributed by atoms with E-state index in [0.717, 1.165) is 4.47 Å². The van der Waals surface area contributed by atoms with Crippen LogP contribution in [0.5, 0.6) is 0 Å². The maximum absolute atomic E-state index is 12.4. The molecule has 0 radical (unpaired) electrons. The van der Waals surface area contributed by atoms with Gasteiger partial charge >= 0.3 is 5.97 Å². The van der Waals surface area contributed by atoms with E-state index in [-0.39, 0.29) is 25.7 Å². The van der Waals surface area contributed by atoms with E-state index in [4.69, 9.17) is 5.11 Å². The predicted molar refractivity (Wildman–Crippen MR) is 92.8 cm³/mol. The first-order chi connectivity index (χ1) is 10.1. The summed E-state index contributed by atoms with van der Waals surface area (Å²) >= 11 is 6.23. The van der Waals surface area contributed by atoms with Gasteiger partial charge in [0.25, 0.3) is 0 Å². The minimum atomic E-state index is -3.79. The molecular weight excluding hydrogens is 438 g/mol. The van der Waals surface area contributed by atoms with Crippen LogP contribution >= 0.6 is 31.9 Å². The molecule has 22 heavy (non-hydrogen) atoms. The topological polar surface area (TPSA) is 83.8 Å². The van der Waals surface area contributed by atoms with Crippen LogP contribution in [0.2, 0.25) is 0 Å². The molecule has 118 valence electrons. The van der Waals surface area contributed by atoms with Gasteiger partial charge in [-0.05, 0) is 59.6 Å². The lowest BCUT2D eigenvalue weighted by Crippen LogP contribution is -2.12. The molecule has 0 saturated carbocycles. The Morgan fingerprint density at radius 3 is 2.14 bits per heavy atom. The Morgan fingerprint density at radius 1 is 1.23 bits per heavy atom. The van der Waals surface area contributed by atoms with Gasteiger partial charge in [-0.3, -0.25) is 0 Å². The van der Waals surface area contributed by atoms with E-state index in [9.17, 15) is 13.2 Å². The molecule has 0 spiro atoms. The molecule has 0 heterocycles. The van der Waals surface area contributed by atoms with Crippen LogP contribution in [0.4, 0.5) is 0 Å². The molecular formula is C14H13Br2NO4S. The van der Waals surface area contributed by atoms with E-state index in [1.165, 1.54) is 26.0 Å². The van der Waals surface area contributed by atoms with Gasteiger partial charge in [0.15, 0.2) is 0 Å². The second-order valence-corrected chi connectivity index (χ2v) is 8.08. The minimum Gasteiger partial charge on any atom is -0.478 e. The zero-order valence-electron chi connectivity index (χ0n) is 11.8. The van der Waals surface area contributed by atoms with Crippen molar-refractivity contribution in [2.75, 3.05) is 0 Å². The summed E-state index contributed by atoms with van der Waals surface area (Å²) in [6.07, 6.45) is 0. The van der Waals surface area contributed by atoms with Crippen LogP contribution < -0.4 is 0 Å². The number of halogens is 2. The van der Waals surface area contributed by atoms with Crippen LogP contribution in [0.15, 0.2) is 61.0 Å². The molecule has 0 aliphatic heterocycles. The van der Waals surface area contributed by atoms with Crippen LogP contribution in [-0.2, 0) is 14.6 Å². The fourth-order valence-electron chi connectivity index (χ4n) is 1.49. The van der Waals surface area contributed by atoms with Crippen LogP contribution in [0.3, 0.4) is 0 Å². The fraction of sp³-hybridized carbons (Fsp3) is 0.143. The summed E-state index contributed by atoms with van der Waals surface area (Å²) in [4.78, 5) is 15.1. The summed E-state index contributed by atoms with van der Waals surface area (Å²) in [5.41, 5.74) is 0.0855. The summed E-state index contributed by atoms with van der Waals surface area (Å²) < 4.78 is 25.4. The highest BCUT2D eigenvalue weighted by molar-refractivity contribution is 9.11. The smallest absolute Gasteiger partial charge is 0.338 e. The van der Waals surface area contributed by atoms with Gasteiger partial charge in [-0.2, -0.15) is 0 Å². The van der Waals surface area contributed by atoms with Crippen molar-refractivity contribution < 1.29 is 18.3 Å². The highest BCUT2D eigenvalue weighted by Gasteiger charge is 2.20. The number of carboxylic acids is 1. The quantitative estimate of drug-likeness (QED) is 0.248. The van der Waals surface area contributed by atoms with E-state index < -0.39 is 15.8 Å². The lowest BCUT2D eigenvalue weighted by Gasteiger charge is -2.06. The molecule has 0 aromatic heterocycles. The Hall–Kier alpha value is -1.25. The second kappa shape index (κ2) is 7.34. The van der Waals surface area contributed by atoms with Crippen LogP contribution in [0.1, 0.15) is 13.8 Å².